The van der Waals surface area contributed by atoms with Gasteiger partial charge in [-0.15, -0.1) is 11.3 Å². The number of carbonyl (C=O) groups is 1. The Balaban J connectivity index is 1.32. The lowest BCUT2D eigenvalue weighted by molar-refractivity contribution is 0.102. The first kappa shape index (κ1) is 21.0. The van der Waals surface area contributed by atoms with Gasteiger partial charge in [0.2, 0.25) is 0 Å². The minimum absolute atomic E-state index is 0.213. The third-order valence-corrected chi connectivity index (χ3v) is 6.57. The lowest BCUT2D eigenvalue weighted by atomic mass is 10.1. The average Bonchev–Trinajstić information content (AvgIpc) is 3.25. The molecule has 2 heterocycles. The molecule has 2 aromatic carbocycles. The van der Waals surface area contributed by atoms with Gasteiger partial charge in [-0.05, 0) is 37.2 Å². The predicted octanol–water partition coefficient (Wildman–Crippen LogP) is 4.51. The molecule has 30 heavy (non-hydrogen) atoms. The van der Waals surface area contributed by atoms with Crippen LogP contribution in [0.1, 0.15) is 16.1 Å². The van der Waals surface area contributed by atoms with Crippen LogP contribution in [0.5, 0.6) is 0 Å². The second kappa shape index (κ2) is 9.71. The van der Waals surface area contributed by atoms with Gasteiger partial charge in [0.15, 0.2) is 0 Å². The van der Waals surface area contributed by atoms with E-state index in [4.69, 9.17) is 11.6 Å². The topological polar surface area (TPSA) is 48.5 Å². The van der Waals surface area contributed by atoms with E-state index in [0.717, 1.165) is 55.4 Å². The highest BCUT2D eigenvalue weighted by molar-refractivity contribution is 7.13. The molecule has 7 heteroatoms. The molecule has 1 fully saturated rings. The Morgan fingerprint density at radius 3 is 2.57 bits per heavy atom. The quantitative estimate of drug-likeness (QED) is 0.612. The zero-order chi connectivity index (χ0) is 20.9. The Kier molecular flexibility index (Phi) is 6.79. The number of aromatic nitrogens is 1. The van der Waals surface area contributed by atoms with Gasteiger partial charge in [-0.1, -0.05) is 41.9 Å². The van der Waals surface area contributed by atoms with Crippen LogP contribution in [0, 0.1) is 0 Å². The number of likely N-dealkylation sites (N-methyl/N-ethyl adjacent to an activating group) is 1. The summed E-state index contributed by atoms with van der Waals surface area (Å²) in [7, 11) is 2.17. The van der Waals surface area contributed by atoms with Gasteiger partial charge in [0.25, 0.3) is 5.91 Å². The summed E-state index contributed by atoms with van der Waals surface area (Å²) < 4.78 is 0. The number of carbonyl (C=O) groups excluding carboxylic acids is 1. The molecule has 5 nitrogen and oxygen atoms in total. The van der Waals surface area contributed by atoms with Crippen LogP contribution in [-0.4, -0.2) is 60.5 Å². The fraction of sp³-hybridized carbons (Fsp3) is 0.304. The maximum atomic E-state index is 12.6. The molecule has 1 aliphatic heterocycles. The van der Waals surface area contributed by atoms with E-state index < -0.39 is 0 Å². The number of nitrogens with zero attached hydrogens (tertiary/aromatic N) is 3. The van der Waals surface area contributed by atoms with Crippen LogP contribution in [0.4, 0.5) is 5.69 Å². The molecule has 0 unspecified atom stereocenters. The molecule has 1 N–H and O–H groups in total. The van der Waals surface area contributed by atoms with E-state index in [1.807, 2.05) is 36.4 Å². The van der Waals surface area contributed by atoms with E-state index in [2.05, 4.69) is 39.3 Å². The van der Waals surface area contributed by atoms with Crippen LogP contribution in [-0.2, 0) is 6.42 Å². The average molecular weight is 441 g/mol. The maximum absolute atomic E-state index is 12.6. The molecule has 1 aliphatic rings. The lowest BCUT2D eigenvalue weighted by Crippen LogP contribution is -2.45. The van der Waals surface area contributed by atoms with Crippen LogP contribution in [0.15, 0.2) is 53.9 Å². The highest BCUT2D eigenvalue weighted by Crippen LogP contribution is 2.30. The number of halogens is 1. The Bertz CT molecular complexity index is 996. The van der Waals surface area contributed by atoms with E-state index in [1.165, 1.54) is 16.9 Å². The van der Waals surface area contributed by atoms with E-state index in [-0.39, 0.29) is 5.91 Å². The molecule has 4 rings (SSSR count). The zero-order valence-electron chi connectivity index (χ0n) is 17.0. The van der Waals surface area contributed by atoms with Crippen LogP contribution in [0.3, 0.4) is 0 Å². The van der Waals surface area contributed by atoms with Gasteiger partial charge in [-0.2, -0.15) is 0 Å². The van der Waals surface area contributed by atoms with Crippen molar-refractivity contribution in [2.45, 2.75) is 6.42 Å². The van der Waals surface area contributed by atoms with Crippen molar-refractivity contribution in [3.63, 3.8) is 0 Å². The van der Waals surface area contributed by atoms with E-state index in [9.17, 15) is 4.79 Å². The highest BCUT2D eigenvalue weighted by Gasteiger charge is 2.15. The summed E-state index contributed by atoms with van der Waals surface area (Å²) in [6.45, 7) is 5.62. The smallest absolute Gasteiger partial charge is 0.275 e. The van der Waals surface area contributed by atoms with Crippen LogP contribution < -0.4 is 5.32 Å². The number of piperazine rings is 1. The second-order valence-electron chi connectivity index (χ2n) is 7.56. The van der Waals surface area contributed by atoms with Crippen LogP contribution in [0.2, 0.25) is 5.02 Å². The molecule has 0 radical (unpaired) electrons. The third kappa shape index (κ3) is 5.26. The number of rotatable bonds is 6. The van der Waals surface area contributed by atoms with E-state index in [1.54, 1.807) is 5.38 Å². The number of thiazole rings is 1. The summed E-state index contributed by atoms with van der Waals surface area (Å²) in [5, 5.41) is 6.07. The van der Waals surface area contributed by atoms with Crippen molar-refractivity contribution in [2.75, 3.05) is 45.1 Å². The first-order chi connectivity index (χ1) is 14.6. The summed E-state index contributed by atoms with van der Waals surface area (Å²) in [6.07, 6.45) is 1.02. The van der Waals surface area contributed by atoms with Gasteiger partial charge in [-0.3, -0.25) is 4.79 Å². The van der Waals surface area contributed by atoms with E-state index >= 15 is 0 Å². The van der Waals surface area contributed by atoms with Crippen molar-refractivity contribution in [1.82, 2.24) is 14.8 Å². The van der Waals surface area contributed by atoms with Gasteiger partial charge in [0.1, 0.15) is 10.7 Å². The summed E-state index contributed by atoms with van der Waals surface area (Å²) >= 11 is 7.65. The Morgan fingerprint density at radius 1 is 1.10 bits per heavy atom. The highest BCUT2D eigenvalue weighted by atomic mass is 35.5. The van der Waals surface area contributed by atoms with Crippen molar-refractivity contribution in [3.05, 3.63) is 70.2 Å². The molecule has 0 saturated carbocycles. The largest absolute Gasteiger partial charge is 0.321 e. The summed E-state index contributed by atoms with van der Waals surface area (Å²) in [5.74, 6) is -0.213. The lowest BCUT2D eigenvalue weighted by Gasteiger charge is -2.32. The van der Waals surface area contributed by atoms with Gasteiger partial charge < -0.3 is 15.1 Å². The van der Waals surface area contributed by atoms with Crippen molar-refractivity contribution >= 4 is 34.5 Å². The minimum Gasteiger partial charge on any atom is -0.321 e. The molecule has 0 aliphatic carbocycles. The van der Waals surface area contributed by atoms with Gasteiger partial charge in [0.05, 0.1) is 5.02 Å². The number of benzene rings is 2. The number of amides is 1. The molecule has 1 amide bonds. The van der Waals surface area contributed by atoms with Gasteiger partial charge in [-0.25, -0.2) is 4.98 Å². The molecular formula is C23H25ClN4OS. The number of hydrogen-bond acceptors (Lipinski definition) is 5. The number of hydrogen-bond donors (Lipinski definition) is 1. The van der Waals surface area contributed by atoms with Crippen LogP contribution >= 0.6 is 22.9 Å². The molecule has 1 saturated heterocycles. The van der Waals surface area contributed by atoms with Crippen molar-refractivity contribution in [2.24, 2.45) is 0 Å². The predicted molar refractivity (Wildman–Crippen MR) is 125 cm³/mol. The summed E-state index contributed by atoms with van der Waals surface area (Å²) in [5.41, 5.74) is 3.29. The Hall–Kier alpha value is -2.25. The third-order valence-electron chi connectivity index (χ3n) is 5.37. The standard InChI is InChI=1S/C23H25ClN4OS/c1-27-12-14-28(15-13-27)11-10-17-6-8-18(9-7-17)25-22(29)21-16-30-23(26-21)19-4-2-3-5-20(19)24/h2-9,16H,10-15H2,1H3,(H,25,29). The fourth-order valence-corrected chi connectivity index (χ4v) is 4.57. The molecular weight excluding hydrogens is 416 g/mol. The summed E-state index contributed by atoms with van der Waals surface area (Å²) in [6, 6.07) is 15.6. The molecule has 156 valence electrons. The SMILES string of the molecule is CN1CCN(CCc2ccc(NC(=O)c3csc(-c4ccccc4Cl)n3)cc2)CC1. The zero-order valence-corrected chi connectivity index (χ0v) is 18.5. The van der Waals surface area contributed by atoms with Crippen molar-refractivity contribution in [3.8, 4) is 10.6 Å². The normalized spacial score (nSPS) is 15.3. The first-order valence-electron chi connectivity index (χ1n) is 10.1. The first-order valence-corrected chi connectivity index (χ1v) is 11.4. The van der Waals surface area contributed by atoms with E-state index in [0.29, 0.717) is 10.7 Å². The molecule has 0 spiro atoms. The molecule has 1 aromatic heterocycles. The minimum atomic E-state index is -0.213. The molecule has 0 atom stereocenters. The number of nitrogens with one attached hydrogen (secondary N) is 1. The number of anilines is 1. The maximum Gasteiger partial charge on any atom is 0.275 e. The van der Waals surface area contributed by atoms with Gasteiger partial charge in [0, 0.05) is 49.4 Å². The fourth-order valence-electron chi connectivity index (χ4n) is 3.44. The summed E-state index contributed by atoms with van der Waals surface area (Å²) in [4.78, 5) is 21.9. The van der Waals surface area contributed by atoms with Crippen molar-refractivity contribution < 1.29 is 4.79 Å². The molecule has 3 aromatic rings. The van der Waals surface area contributed by atoms with Gasteiger partial charge >= 0.3 is 0 Å². The molecule has 0 bridgehead atoms. The Morgan fingerprint density at radius 2 is 1.83 bits per heavy atom. The monoisotopic (exact) mass is 440 g/mol. The van der Waals surface area contributed by atoms with Crippen LogP contribution in [0.25, 0.3) is 10.6 Å². The van der Waals surface area contributed by atoms with Crippen molar-refractivity contribution in [1.29, 1.82) is 0 Å². The Labute approximate surface area is 186 Å². The second-order valence-corrected chi connectivity index (χ2v) is 8.83.